The number of methoxy groups -OCH3 is 1. The highest BCUT2D eigenvalue weighted by Crippen LogP contribution is 2.26. The number of likely N-dealkylation sites (tertiary alicyclic amines) is 1. The van der Waals surface area contributed by atoms with Gasteiger partial charge in [-0.25, -0.2) is 4.98 Å². The minimum Gasteiger partial charge on any atom is -0.376 e. The number of amides is 2. The third-order valence-electron chi connectivity index (χ3n) is 6.12. The SMILES string of the molecule is CCC(C)C(=O)NCC1(OC)CCN(C(=O)CCc2nc3ccccc3[nH]2)CC1. The maximum absolute atomic E-state index is 12.7. The van der Waals surface area contributed by atoms with Crippen molar-refractivity contribution in [2.45, 2.75) is 51.6 Å². The molecular formula is C22H32N4O3. The van der Waals surface area contributed by atoms with Crippen molar-refractivity contribution in [3.8, 4) is 0 Å². The van der Waals surface area contributed by atoms with E-state index in [9.17, 15) is 9.59 Å². The molecule has 0 saturated carbocycles. The summed E-state index contributed by atoms with van der Waals surface area (Å²) >= 11 is 0. The number of aryl methyl sites for hydroxylation is 1. The van der Waals surface area contributed by atoms with Crippen LogP contribution in [0.25, 0.3) is 11.0 Å². The van der Waals surface area contributed by atoms with Crippen molar-refractivity contribution in [1.82, 2.24) is 20.2 Å². The van der Waals surface area contributed by atoms with E-state index in [1.807, 2.05) is 43.0 Å². The number of hydrogen-bond donors (Lipinski definition) is 2. The maximum atomic E-state index is 12.7. The number of aromatic nitrogens is 2. The first kappa shape index (κ1) is 21.3. The van der Waals surface area contributed by atoms with Crippen molar-refractivity contribution in [1.29, 1.82) is 0 Å². The van der Waals surface area contributed by atoms with Gasteiger partial charge in [0.2, 0.25) is 11.8 Å². The molecule has 29 heavy (non-hydrogen) atoms. The highest BCUT2D eigenvalue weighted by Gasteiger charge is 2.36. The van der Waals surface area contributed by atoms with Crippen LogP contribution in [-0.2, 0) is 20.7 Å². The number of ether oxygens (including phenoxy) is 1. The van der Waals surface area contributed by atoms with Crippen molar-refractivity contribution in [2.24, 2.45) is 5.92 Å². The fourth-order valence-electron chi connectivity index (χ4n) is 3.73. The van der Waals surface area contributed by atoms with Crippen LogP contribution in [0, 0.1) is 5.92 Å². The first-order valence-corrected chi connectivity index (χ1v) is 10.5. The summed E-state index contributed by atoms with van der Waals surface area (Å²) in [5.41, 5.74) is 1.54. The summed E-state index contributed by atoms with van der Waals surface area (Å²) in [6.45, 7) is 5.72. The number of nitrogens with one attached hydrogen (secondary N) is 2. The summed E-state index contributed by atoms with van der Waals surface area (Å²) in [4.78, 5) is 34.5. The van der Waals surface area contributed by atoms with Gasteiger partial charge in [-0.05, 0) is 31.4 Å². The van der Waals surface area contributed by atoms with E-state index in [1.54, 1.807) is 7.11 Å². The third kappa shape index (κ3) is 5.15. The number of benzene rings is 1. The molecule has 1 aliphatic rings. The molecule has 2 N–H and O–H groups in total. The summed E-state index contributed by atoms with van der Waals surface area (Å²) in [6, 6.07) is 7.88. The van der Waals surface area contributed by atoms with E-state index in [1.165, 1.54) is 0 Å². The molecule has 1 aliphatic heterocycles. The third-order valence-corrected chi connectivity index (χ3v) is 6.12. The molecule has 1 aromatic heterocycles. The maximum Gasteiger partial charge on any atom is 0.223 e. The normalized spacial score (nSPS) is 17.3. The van der Waals surface area contributed by atoms with Gasteiger partial charge in [-0.3, -0.25) is 9.59 Å². The van der Waals surface area contributed by atoms with E-state index in [0.717, 1.165) is 36.1 Å². The predicted octanol–water partition coefficient (Wildman–Crippen LogP) is 2.67. The zero-order chi connectivity index (χ0) is 20.9. The molecule has 1 unspecified atom stereocenters. The molecule has 2 amide bonds. The number of fused-ring (bicyclic) bond motifs is 1. The van der Waals surface area contributed by atoms with E-state index in [2.05, 4.69) is 15.3 Å². The number of carbonyl (C=O) groups is 2. The Morgan fingerprint density at radius 3 is 2.69 bits per heavy atom. The van der Waals surface area contributed by atoms with Gasteiger partial charge >= 0.3 is 0 Å². The van der Waals surface area contributed by atoms with Crippen LogP contribution in [0.15, 0.2) is 24.3 Å². The molecule has 1 aromatic carbocycles. The summed E-state index contributed by atoms with van der Waals surface area (Å²) in [5, 5.41) is 3.02. The summed E-state index contributed by atoms with van der Waals surface area (Å²) in [5.74, 6) is 1.05. The van der Waals surface area contributed by atoms with Crippen molar-refractivity contribution in [2.75, 3.05) is 26.7 Å². The van der Waals surface area contributed by atoms with Crippen LogP contribution in [-0.4, -0.2) is 59.0 Å². The molecule has 1 fully saturated rings. The lowest BCUT2D eigenvalue weighted by molar-refractivity contribution is -0.138. The van der Waals surface area contributed by atoms with Crippen molar-refractivity contribution in [3.05, 3.63) is 30.1 Å². The molecule has 0 radical (unpaired) electrons. The van der Waals surface area contributed by atoms with Crippen LogP contribution in [0.1, 0.15) is 45.4 Å². The largest absolute Gasteiger partial charge is 0.376 e. The Hall–Kier alpha value is -2.41. The van der Waals surface area contributed by atoms with E-state index in [4.69, 9.17) is 4.74 Å². The highest BCUT2D eigenvalue weighted by atomic mass is 16.5. The molecule has 1 saturated heterocycles. The van der Waals surface area contributed by atoms with Crippen molar-refractivity contribution < 1.29 is 14.3 Å². The fourth-order valence-corrected chi connectivity index (χ4v) is 3.73. The molecule has 0 spiro atoms. The van der Waals surface area contributed by atoms with Gasteiger partial charge in [0, 0.05) is 45.5 Å². The minimum atomic E-state index is -0.390. The van der Waals surface area contributed by atoms with Crippen LogP contribution in [0.5, 0.6) is 0 Å². The molecule has 0 aliphatic carbocycles. The number of H-pyrrole nitrogens is 1. The Labute approximate surface area is 172 Å². The standard InChI is InChI=1S/C22H32N4O3/c1-4-16(2)21(28)23-15-22(29-3)11-13-26(14-12-22)20(27)10-9-19-24-17-7-5-6-8-18(17)25-19/h5-8,16H,4,9-15H2,1-3H3,(H,23,28)(H,24,25). The summed E-state index contributed by atoms with van der Waals surface area (Å²) in [6.07, 6.45) is 3.30. The Kier molecular flexibility index (Phi) is 6.90. The zero-order valence-corrected chi connectivity index (χ0v) is 17.7. The lowest BCUT2D eigenvalue weighted by atomic mass is 9.90. The number of rotatable bonds is 8. The van der Waals surface area contributed by atoms with Gasteiger partial charge in [0.05, 0.1) is 16.6 Å². The topological polar surface area (TPSA) is 87.3 Å². The lowest BCUT2D eigenvalue weighted by Gasteiger charge is -2.41. The smallest absolute Gasteiger partial charge is 0.223 e. The number of para-hydroxylation sites is 2. The Balaban J connectivity index is 1.48. The minimum absolute atomic E-state index is 0.00354. The van der Waals surface area contributed by atoms with Crippen LogP contribution in [0.2, 0.25) is 0 Å². The molecule has 158 valence electrons. The predicted molar refractivity (Wildman–Crippen MR) is 112 cm³/mol. The van der Waals surface area contributed by atoms with Crippen LogP contribution < -0.4 is 5.32 Å². The number of hydrogen-bond acceptors (Lipinski definition) is 4. The van der Waals surface area contributed by atoms with Crippen LogP contribution >= 0.6 is 0 Å². The van der Waals surface area contributed by atoms with Gasteiger partial charge < -0.3 is 19.9 Å². The van der Waals surface area contributed by atoms with Gasteiger partial charge in [0.25, 0.3) is 0 Å². The van der Waals surface area contributed by atoms with Crippen molar-refractivity contribution >= 4 is 22.8 Å². The number of carbonyl (C=O) groups excluding carboxylic acids is 2. The molecule has 3 rings (SSSR count). The van der Waals surface area contributed by atoms with E-state index >= 15 is 0 Å². The molecule has 1 atom stereocenters. The number of aromatic amines is 1. The van der Waals surface area contributed by atoms with Crippen LogP contribution in [0.3, 0.4) is 0 Å². The quantitative estimate of drug-likeness (QED) is 0.713. The van der Waals surface area contributed by atoms with E-state index in [0.29, 0.717) is 32.5 Å². The zero-order valence-electron chi connectivity index (χ0n) is 17.7. The van der Waals surface area contributed by atoms with Crippen LogP contribution in [0.4, 0.5) is 0 Å². The van der Waals surface area contributed by atoms with Gasteiger partial charge in [-0.15, -0.1) is 0 Å². The first-order chi connectivity index (χ1) is 14.0. The molecule has 7 nitrogen and oxygen atoms in total. The second-order valence-corrected chi connectivity index (χ2v) is 8.00. The van der Waals surface area contributed by atoms with Gasteiger partial charge in [-0.1, -0.05) is 26.0 Å². The molecule has 0 bridgehead atoms. The van der Waals surface area contributed by atoms with Crippen molar-refractivity contribution in [3.63, 3.8) is 0 Å². The molecule has 2 heterocycles. The van der Waals surface area contributed by atoms with E-state index < -0.39 is 5.60 Å². The van der Waals surface area contributed by atoms with Gasteiger partial charge in [-0.2, -0.15) is 0 Å². The van der Waals surface area contributed by atoms with Gasteiger partial charge in [0.1, 0.15) is 5.82 Å². The first-order valence-electron chi connectivity index (χ1n) is 10.5. The average molecular weight is 401 g/mol. The number of imidazole rings is 1. The Bertz CT molecular complexity index is 806. The molecule has 2 aromatic rings. The Morgan fingerprint density at radius 1 is 1.31 bits per heavy atom. The fraction of sp³-hybridized carbons (Fsp3) is 0.591. The monoisotopic (exact) mass is 400 g/mol. The Morgan fingerprint density at radius 2 is 2.03 bits per heavy atom. The molecule has 7 heteroatoms. The van der Waals surface area contributed by atoms with Gasteiger partial charge in [0.15, 0.2) is 0 Å². The lowest BCUT2D eigenvalue weighted by Crippen LogP contribution is -2.53. The average Bonchev–Trinajstić information content (AvgIpc) is 3.18. The molecular weight excluding hydrogens is 368 g/mol. The second kappa shape index (κ2) is 9.39. The number of piperidine rings is 1. The highest BCUT2D eigenvalue weighted by molar-refractivity contribution is 5.78. The summed E-state index contributed by atoms with van der Waals surface area (Å²) < 4.78 is 5.77. The second-order valence-electron chi connectivity index (χ2n) is 8.00. The summed E-state index contributed by atoms with van der Waals surface area (Å²) in [7, 11) is 1.69. The van der Waals surface area contributed by atoms with E-state index in [-0.39, 0.29) is 17.7 Å². The number of nitrogens with zero attached hydrogens (tertiary/aromatic N) is 2.